The molecule has 6 nitrogen and oxygen atoms in total. The van der Waals surface area contributed by atoms with Crippen LogP contribution in [0.2, 0.25) is 0 Å². The Labute approximate surface area is 179 Å². The summed E-state index contributed by atoms with van der Waals surface area (Å²) in [5.74, 6) is -0.822. The van der Waals surface area contributed by atoms with Gasteiger partial charge in [0.05, 0.1) is 11.3 Å². The molecule has 0 aliphatic heterocycles. The van der Waals surface area contributed by atoms with Crippen molar-refractivity contribution in [3.63, 3.8) is 0 Å². The van der Waals surface area contributed by atoms with Crippen molar-refractivity contribution in [1.29, 1.82) is 0 Å². The van der Waals surface area contributed by atoms with E-state index < -0.39 is 17.6 Å². The monoisotopic (exact) mass is 420 g/mol. The minimum Gasteiger partial charge on any atom is -0.484 e. The number of nitrogens with one attached hydrogen (secondary N) is 2. The number of rotatable bonds is 8. The third-order valence-corrected chi connectivity index (χ3v) is 4.42. The van der Waals surface area contributed by atoms with Crippen LogP contribution in [0.4, 0.5) is 15.8 Å². The number of hydrogen-bond donors (Lipinski definition) is 2. The lowest BCUT2D eigenvalue weighted by molar-refractivity contribution is -0.118. The van der Waals surface area contributed by atoms with Gasteiger partial charge >= 0.3 is 0 Å². The van der Waals surface area contributed by atoms with Crippen LogP contribution in [-0.4, -0.2) is 24.2 Å². The minimum atomic E-state index is -0.448. The number of anilines is 2. The van der Waals surface area contributed by atoms with Crippen LogP contribution in [0.15, 0.2) is 72.8 Å². The number of ether oxygens (including phenoxy) is 1. The van der Waals surface area contributed by atoms with E-state index in [0.717, 1.165) is 0 Å². The van der Waals surface area contributed by atoms with Crippen molar-refractivity contribution in [1.82, 2.24) is 0 Å². The Bertz CT molecular complexity index is 1080. The molecule has 0 unspecified atom stereocenters. The van der Waals surface area contributed by atoms with Crippen molar-refractivity contribution >= 4 is 29.0 Å². The SMILES string of the molecule is CCC(=O)c1ccc(OCC(=O)Nc2ccccc2C(=O)Nc2ccc(F)cc2)cc1. The smallest absolute Gasteiger partial charge is 0.262 e. The molecule has 7 heteroatoms. The average Bonchev–Trinajstić information content (AvgIpc) is 2.79. The van der Waals surface area contributed by atoms with E-state index in [4.69, 9.17) is 4.74 Å². The van der Waals surface area contributed by atoms with E-state index in [1.165, 1.54) is 24.3 Å². The van der Waals surface area contributed by atoms with Crippen LogP contribution in [-0.2, 0) is 4.79 Å². The van der Waals surface area contributed by atoms with Crippen LogP contribution in [0.3, 0.4) is 0 Å². The van der Waals surface area contributed by atoms with Gasteiger partial charge in [0.15, 0.2) is 12.4 Å². The first-order valence-corrected chi connectivity index (χ1v) is 9.68. The molecular weight excluding hydrogens is 399 g/mol. The molecule has 0 radical (unpaired) electrons. The second-order valence-electron chi connectivity index (χ2n) is 6.64. The fraction of sp³-hybridized carbons (Fsp3) is 0.125. The molecule has 31 heavy (non-hydrogen) atoms. The van der Waals surface area contributed by atoms with Crippen LogP contribution in [0.25, 0.3) is 0 Å². The Morgan fingerprint density at radius 2 is 1.55 bits per heavy atom. The Balaban J connectivity index is 1.60. The molecule has 0 spiro atoms. The van der Waals surface area contributed by atoms with Gasteiger partial charge in [-0.25, -0.2) is 4.39 Å². The van der Waals surface area contributed by atoms with Gasteiger partial charge in [0.1, 0.15) is 11.6 Å². The van der Waals surface area contributed by atoms with Crippen molar-refractivity contribution in [2.75, 3.05) is 17.2 Å². The maximum absolute atomic E-state index is 13.0. The molecule has 0 saturated carbocycles. The molecule has 2 N–H and O–H groups in total. The van der Waals surface area contributed by atoms with Gasteiger partial charge in [-0.2, -0.15) is 0 Å². The fourth-order valence-electron chi connectivity index (χ4n) is 2.80. The zero-order valence-electron chi connectivity index (χ0n) is 16.9. The fourth-order valence-corrected chi connectivity index (χ4v) is 2.80. The number of benzene rings is 3. The van der Waals surface area contributed by atoms with Crippen molar-refractivity contribution in [2.45, 2.75) is 13.3 Å². The van der Waals surface area contributed by atoms with E-state index in [2.05, 4.69) is 10.6 Å². The number of carbonyl (C=O) groups is 3. The lowest BCUT2D eigenvalue weighted by Crippen LogP contribution is -2.22. The van der Waals surface area contributed by atoms with E-state index in [1.807, 2.05) is 0 Å². The van der Waals surface area contributed by atoms with Gasteiger partial charge in [-0.05, 0) is 60.7 Å². The molecule has 3 aromatic rings. The molecule has 0 fully saturated rings. The van der Waals surface area contributed by atoms with Crippen molar-refractivity contribution in [3.05, 3.63) is 89.7 Å². The summed E-state index contributed by atoms with van der Waals surface area (Å²) >= 11 is 0. The highest BCUT2D eigenvalue weighted by Gasteiger charge is 2.14. The first kappa shape index (κ1) is 21.7. The summed E-state index contributed by atoms with van der Waals surface area (Å²) in [5.41, 5.74) is 1.59. The topological polar surface area (TPSA) is 84.5 Å². The van der Waals surface area contributed by atoms with Crippen LogP contribution in [0.5, 0.6) is 5.75 Å². The number of ketones is 1. The Morgan fingerprint density at radius 3 is 2.23 bits per heavy atom. The summed E-state index contributed by atoms with van der Waals surface area (Å²) < 4.78 is 18.5. The van der Waals surface area contributed by atoms with E-state index in [0.29, 0.717) is 29.1 Å². The highest BCUT2D eigenvalue weighted by atomic mass is 19.1. The molecule has 3 rings (SSSR count). The zero-order valence-corrected chi connectivity index (χ0v) is 16.9. The number of halogens is 1. The number of Topliss-reactive ketones (excluding diaryl/α,β-unsaturated/α-hetero) is 1. The molecule has 3 aromatic carbocycles. The maximum atomic E-state index is 13.0. The van der Waals surface area contributed by atoms with E-state index in [9.17, 15) is 18.8 Å². The average molecular weight is 420 g/mol. The van der Waals surface area contributed by atoms with Crippen LogP contribution < -0.4 is 15.4 Å². The van der Waals surface area contributed by atoms with Gasteiger partial charge in [-0.15, -0.1) is 0 Å². The Kier molecular flexibility index (Phi) is 7.11. The highest BCUT2D eigenvalue weighted by Crippen LogP contribution is 2.18. The second-order valence-corrected chi connectivity index (χ2v) is 6.64. The summed E-state index contributed by atoms with van der Waals surface area (Å²) in [6.45, 7) is 1.52. The van der Waals surface area contributed by atoms with Gasteiger partial charge in [0.25, 0.3) is 11.8 Å². The maximum Gasteiger partial charge on any atom is 0.262 e. The molecular formula is C24H21FN2O4. The number of amides is 2. The van der Waals surface area contributed by atoms with Crippen LogP contribution >= 0.6 is 0 Å². The quantitative estimate of drug-likeness (QED) is 0.518. The molecule has 0 bridgehead atoms. The Hall–Kier alpha value is -4.00. The molecule has 0 aliphatic carbocycles. The van der Waals surface area contributed by atoms with E-state index in [1.54, 1.807) is 55.5 Å². The van der Waals surface area contributed by atoms with Crippen LogP contribution in [0.1, 0.15) is 34.1 Å². The molecule has 0 heterocycles. The lowest BCUT2D eigenvalue weighted by Gasteiger charge is -2.12. The number of carbonyl (C=O) groups excluding carboxylic acids is 3. The predicted octanol–water partition coefficient (Wildman–Crippen LogP) is 4.69. The summed E-state index contributed by atoms with van der Waals surface area (Å²) in [5, 5.41) is 5.32. The van der Waals surface area contributed by atoms with E-state index >= 15 is 0 Å². The molecule has 0 aromatic heterocycles. The molecule has 0 saturated heterocycles. The van der Waals surface area contributed by atoms with Crippen molar-refractivity contribution in [3.8, 4) is 5.75 Å². The molecule has 0 atom stereocenters. The Morgan fingerprint density at radius 1 is 0.871 bits per heavy atom. The summed E-state index contributed by atoms with van der Waals surface area (Å²) in [6.07, 6.45) is 0.413. The van der Waals surface area contributed by atoms with Gasteiger partial charge in [0.2, 0.25) is 0 Å². The van der Waals surface area contributed by atoms with E-state index in [-0.39, 0.29) is 18.0 Å². The standard InChI is InChI=1S/C24H21FN2O4/c1-2-22(28)16-7-13-19(14-8-16)31-15-23(29)27-21-6-4-3-5-20(21)24(30)26-18-11-9-17(25)10-12-18/h3-14H,2,15H2,1H3,(H,26,30)(H,27,29). The van der Waals surface area contributed by atoms with Crippen molar-refractivity contribution in [2.24, 2.45) is 0 Å². The summed E-state index contributed by atoms with van der Waals surface area (Å²) in [7, 11) is 0. The molecule has 2 amide bonds. The highest BCUT2D eigenvalue weighted by molar-refractivity contribution is 6.10. The van der Waals surface area contributed by atoms with Crippen molar-refractivity contribution < 1.29 is 23.5 Å². The molecule has 0 aliphatic rings. The normalized spacial score (nSPS) is 10.3. The van der Waals surface area contributed by atoms with Gasteiger partial charge < -0.3 is 15.4 Å². The minimum absolute atomic E-state index is 0.0276. The molecule has 158 valence electrons. The summed E-state index contributed by atoms with van der Waals surface area (Å²) in [6, 6.07) is 18.4. The lowest BCUT2D eigenvalue weighted by atomic mass is 10.1. The first-order valence-electron chi connectivity index (χ1n) is 9.68. The predicted molar refractivity (Wildman–Crippen MR) is 116 cm³/mol. The zero-order chi connectivity index (χ0) is 22.2. The largest absolute Gasteiger partial charge is 0.484 e. The third kappa shape index (κ3) is 5.99. The third-order valence-electron chi connectivity index (χ3n) is 4.42. The first-order chi connectivity index (χ1) is 15.0. The van der Waals surface area contributed by atoms with Crippen LogP contribution in [0, 0.1) is 5.82 Å². The summed E-state index contributed by atoms with van der Waals surface area (Å²) in [4.78, 5) is 36.5. The van der Waals surface area contributed by atoms with Gasteiger partial charge in [-0.1, -0.05) is 19.1 Å². The number of para-hydroxylation sites is 1. The second kappa shape index (κ2) is 10.2. The van der Waals surface area contributed by atoms with Gasteiger partial charge in [0, 0.05) is 17.7 Å². The number of hydrogen-bond acceptors (Lipinski definition) is 4. The van der Waals surface area contributed by atoms with Gasteiger partial charge in [-0.3, -0.25) is 14.4 Å².